The summed E-state index contributed by atoms with van der Waals surface area (Å²) in [6.45, 7) is 1.82. The molecule has 0 aliphatic heterocycles. The van der Waals surface area contributed by atoms with Crippen LogP contribution in [0.25, 0.3) is 0 Å². The minimum Gasteiger partial charge on any atom is -0.480 e. The molecule has 0 spiro atoms. The number of carbonyl (C=O) groups is 2. The quantitative estimate of drug-likeness (QED) is 0.685. The molecule has 0 bridgehead atoms. The van der Waals surface area contributed by atoms with Crippen LogP contribution in [0.1, 0.15) is 22.8 Å². The van der Waals surface area contributed by atoms with Crippen molar-refractivity contribution in [2.75, 3.05) is 0 Å². The van der Waals surface area contributed by atoms with Crippen LogP contribution in [0.15, 0.2) is 24.3 Å². The van der Waals surface area contributed by atoms with E-state index in [1.54, 1.807) is 24.3 Å². The molecule has 0 saturated carbocycles. The number of nitrogens with one attached hydrogen (secondary N) is 1. The number of carboxylic acids is 1. The van der Waals surface area contributed by atoms with E-state index in [0.29, 0.717) is 12.1 Å². The zero-order valence-corrected chi connectivity index (χ0v) is 8.93. The lowest BCUT2D eigenvalue weighted by atomic mass is 10.1. The van der Waals surface area contributed by atoms with Crippen molar-refractivity contribution in [1.29, 1.82) is 0 Å². The van der Waals surface area contributed by atoms with E-state index in [9.17, 15) is 9.59 Å². The van der Waals surface area contributed by atoms with Crippen molar-refractivity contribution < 1.29 is 14.7 Å². The molecule has 1 atom stereocenters. The number of aliphatic carboxylic acids is 1. The number of hydrogen-bond acceptors (Lipinski definition) is 3. The smallest absolute Gasteiger partial charge is 0.325 e. The zero-order valence-electron chi connectivity index (χ0n) is 8.93. The Morgan fingerprint density at radius 3 is 2.38 bits per heavy atom. The van der Waals surface area contributed by atoms with Gasteiger partial charge in [0.1, 0.15) is 6.04 Å². The molecule has 86 valence electrons. The Hall–Kier alpha value is -1.88. The highest BCUT2D eigenvalue weighted by molar-refractivity contribution is 5.96. The van der Waals surface area contributed by atoms with Gasteiger partial charge in [-0.05, 0) is 24.6 Å². The topological polar surface area (TPSA) is 92.4 Å². The van der Waals surface area contributed by atoms with Crippen LogP contribution in [0.4, 0.5) is 0 Å². The van der Waals surface area contributed by atoms with Gasteiger partial charge in [-0.15, -0.1) is 0 Å². The van der Waals surface area contributed by atoms with Gasteiger partial charge in [0, 0.05) is 12.1 Å². The summed E-state index contributed by atoms with van der Waals surface area (Å²) >= 11 is 0. The van der Waals surface area contributed by atoms with Gasteiger partial charge >= 0.3 is 5.97 Å². The first-order valence-corrected chi connectivity index (χ1v) is 4.87. The van der Waals surface area contributed by atoms with Crippen molar-refractivity contribution in [3.8, 4) is 0 Å². The lowest BCUT2D eigenvalue weighted by molar-refractivity contribution is -0.138. The van der Waals surface area contributed by atoms with Crippen LogP contribution < -0.4 is 11.1 Å². The summed E-state index contributed by atoms with van der Waals surface area (Å²) in [5.74, 6) is -1.47. The maximum Gasteiger partial charge on any atom is 0.325 e. The van der Waals surface area contributed by atoms with Crippen LogP contribution in [-0.4, -0.2) is 23.0 Å². The van der Waals surface area contributed by atoms with E-state index in [0.717, 1.165) is 5.56 Å². The Morgan fingerprint density at radius 2 is 1.94 bits per heavy atom. The fourth-order valence-corrected chi connectivity index (χ4v) is 1.13. The summed E-state index contributed by atoms with van der Waals surface area (Å²) in [6, 6.07) is 5.81. The lowest BCUT2D eigenvalue weighted by Crippen LogP contribution is -2.38. The van der Waals surface area contributed by atoms with E-state index < -0.39 is 17.9 Å². The molecule has 0 fully saturated rings. The van der Waals surface area contributed by atoms with Crippen molar-refractivity contribution in [1.82, 2.24) is 5.32 Å². The molecular formula is C11H14N2O3. The van der Waals surface area contributed by atoms with E-state index in [4.69, 9.17) is 10.8 Å². The van der Waals surface area contributed by atoms with Crippen LogP contribution in [0, 0.1) is 0 Å². The summed E-state index contributed by atoms with van der Waals surface area (Å²) in [6.07, 6.45) is 0. The molecular weight excluding hydrogens is 208 g/mol. The summed E-state index contributed by atoms with van der Waals surface area (Å²) < 4.78 is 0. The molecule has 1 amide bonds. The Bertz CT molecular complexity index is 387. The highest BCUT2D eigenvalue weighted by Crippen LogP contribution is 2.04. The first-order chi connectivity index (χ1) is 7.54. The third-order valence-electron chi connectivity index (χ3n) is 2.17. The molecule has 0 radical (unpaired) electrons. The molecule has 4 N–H and O–H groups in total. The number of carboxylic acid groups (broad SMARTS) is 1. The van der Waals surface area contributed by atoms with Gasteiger partial charge in [-0.3, -0.25) is 9.59 Å². The standard InChI is InChI=1S/C11H14N2O3/c1-7(11(15)16)13-10(14)9-4-2-8(6-12)3-5-9/h2-5,7H,6,12H2,1H3,(H,13,14)(H,15,16). The van der Waals surface area contributed by atoms with Crippen molar-refractivity contribution in [2.45, 2.75) is 19.5 Å². The minimum absolute atomic E-state index is 0.404. The van der Waals surface area contributed by atoms with Gasteiger partial charge < -0.3 is 16.2 Å². The van der Waals surface area contributed by atoms with Crippen molar-refractivity contribution in [2.24, 2.45) is 5.73 Å². The highest BCUT2D eigenvalue weighted by atomic mass is 16.4. The van der Waals surface area contributed by atoms with Crippen LogP contribution in [0.3, 0.4) is 0 Å². The largest absolute Gasteiger partial charge is 0.480 e. The van der Waals surface area contributed by atoms with Crippen molar-refractivity contribution >= 4 is 11.9 Å². The minimum atomic E-state index is -1.06. The van der Waals surface area contributed by atoms with Crippen LogP contribution in [0.5, 0.6) is 0 Å². The molecule has 0 saturated heterocycles. The third-order valence-corrected chi connectivity index (χ3v) is 2.17. The average Bonchev–Trinajstić information content (AvgIpc) is 2.28. The fourth-order valence-electron chi connectivity index (χ4n) is 1.13. The zero-order chi connectivity index (χ0) is 12.1. The van der Waals surface area contributed by atoms with Crippen molar-refractivity contribution in [3.63, 3.8) is 0 Å². The van der Waals surface area contributed by atoms with E-state index in [1.165, 1.54) is 6.92 Å². The van der Waals surface area contributed by atoms with Gasteiger partial charge in [0.15, 0.2) is 0 Å². The van der Waals surface area contributed by atoms with E-state index in [-0.39, 0.29) is 0 Å². The Kier molecular flexibility index (Phi) is 4.02. The Morgan fingerprint density at radius 1 is 1.38 bits per heavy atom. The van der Waals surface area contributed by atoms with E-state index in [2.05, 4.69) is 5.32 Å². The molecule has 1 rings (SSSR count). The summed E-state index contributed by atoms with van der Waals surface area (Å²) in [7, 11) is 0. The molecule has 1 aromatic rings. The summed E-state index contributed by atoms with van der Waals surface area (Å²) in [4.78, 5) is 22.1. The number of hydrogen-bond donors (Lipinski definition) is 3. The maximum absolute atomic E-state index is 11.6. The van der Waals surface area contributed by atoms with Gasteiger partial charge in [0.05, 0.1) is 0 Å². The highest BCUT2D eigenvalue weighted by Gasteiger charge is 2.14. The van der Waals surface area contributed by atoms with Gasteiger partial charge in [0.25, 0.3) is 5.91 Å². The molecule has 5 heteroatoms. The molecule has 16 heavy (non-hydrogen) atoms. The second-order valence-electron chi connectivity index (χ2n) is 3.43. The van der Waals surface area contributed by atoms with E-state index in [1.807, 2.05) is 0 Å². The average molecular weight is 222 g/mol. The van der Waals surface area contributed by atoms with Crippen LogP contribution >= 0.6 is 0 Å². The predicted octanol–water partition coefficient (Wildman–Crippen LogP) is 0.348. The molecule has 5 nitrogen and oxygen atoms in total. The number of nitrogens with two attached hydrogens (primary N) is 1. The monoisotopic (exact) mass is 222 g/mol. The second-order valence-corrected chi connectivity index (χ2v) is 3.43. The summed E-state index contributed by atoms with van der Waals surface area (Å²) in [5, 5.41) is 11.0. The second kappa shape index (κ2) is 5.27. The molecule has 1 aromatic carbocycles. The van der Waals surface area contributed by atoms with Gasteiger partial charge in [-0.25, -0.2) is 0 Å². The van der Waals surface area contributed by atoms with Crippen molar-refractivity contribution in [3.05, 3.63) is 35.4 Å². The maximum atomic E-state index is 11.6. The molecule has 0 heterocycles. The van der Waals surface area contributed by atoms with Crippen LogP contribution in [0.2, 0.25) is 0 Å². The number of amides is 1. The molecule has 0 aliphatic carbocycles. The number of benzene rings is 1. The summed E-state index contributed by atoms with van der Waals surface area (Å²) in [5.41, 5.74) is 6.76. The Balaban J connectivity index is 2.69. The predicted molar refractivity (Wildman–Crippen MR) is 58.9 cm³/mol. The number of rotatable bonds is 4. The SMILES string of the molecule is CC(NC(=O)c1ccc(CN)cc1)C(=O)O. The molecule has 1 unspecified atom stereocenters. The van der Waals surface area contributed by atoms with Gasteiger partial charge in [0.2, 0.25) is 0 Å². The van der Waals surface area contributed by atoms with E-state index >= 15 is 0 Å². The first kappa shape index (κ1) is 12.2. The van der Waals surface area contributed by atoms with Gasteiger partial charge in [-0.2, -0.15) is 0 Å². The molecule has 0 aromatic heterocycles. The van der Waals surface area contributed by atoms with Gasteiger partial charge in [-0.1, -0.05) is 12.1 Å². The third kappa shape index (κ3) is 3.06. The first-order valence-electron chi connectivity index (χ1n) is 4.87. The fraction of sp³-hybridized carbons (Fsp3) is 0.273. The lowest BCUT2D eigenvalue weighted by Gasteiger charge is -2.09. The van der Waals surface area contributed by atoms with Crippen LogP contribution in [-0.2, 0) is 11.3 Å². The molecule has 0 aliphatic rings. The number of carbonyl (C=O) groups excluding carboxylic acids is 1. The Labute approximate surface area is 93.3 Å². The normalized spacial score (nSPS) is 11.9.